The highest BCUT2D eigenvalue weighted by Crippen LogP contribution is 2.44. The fourth-order valence-electron chi connectivity index (χ4n) is 5.45. The van der Waals surface area contributed by atoms with Gasteiger partial charge in [-0.05, 0) is 34.9 Å². The van der Waals surface area contributed by atoms with Crippen molar-refractivity contribution in [2.24, 2.45) is 5.41 Å². The number of epoxide rings is 2. The minimum Gasteiger partial charge on any atom is -0.491 e. The Balaban J connectivity index is 1.34. The molecule has 4 nitrogen and oxygen atoms in total. The molecule has 2 unspecified atom stereocenters. The molecule has 0 radical (unpaired) electrons. The van der Waals surface area contributed by atoms with Crippen LogP contribution in [-0.2, 0) is 14.9 Å². The summed E-state index contributed by atoms with van der Waals surface area (Å²) in [5.74, 6) is 2.36. The average Bonchev–Trinajstić information content (AvgIpc) is 3.75. The van der Waals surface area contributed by atoms with Crippen LogP contribution in [0.15, 0.2) is 66.8 Å². The Morgan fingerprint density at radius 2 is 1.33 bits per heavy atom. The van der Waals surface area contributed by atoms with Crippen molar-refractivity contribution < 1.29 is 18.9 Å². The van der Waals surface area contributed by atoms with E-state index in [1.54, 1.807) is 0 Å². The van der Waals surface area contributed by atoms with E-state index < -0.39 is 0 Å². The Morgan fingerprint density at radius 1 is 0.750 bits per heavy atom. The summed E-state index contributed by atoms with van der Waals surface area (Å²) in [6.45, 7) is 14.5. The quantitative estimate of drug-likeness (QED) is 0.268. The van der Waals surface area contributed by atoms with Crippen LogP contribution in [0.4, 0.5) is 0 Å². The molecule has 2 aromatic carbocycles. The Morgan fingerprint density at radius 3 is 1.92 bits per heavy atom. The first kappa shape index (κ1) is 25.1. The normalized spacial score (nSPS) is 25.0. The van der Waals surface area contributed by atoms with Gasteiger partial charge in [0.15, 0.2) is 0 Å². The molecular weight excluding hydrogens is 448 g/mol. The van der Waals surface area contributed by atoms with Gasteiger partial charge in [-0.1, -0.05) is 89.3 Å². The largest absolute Gasteiger partial charge is 0.491 e. The van der Waals surface area contributed by atoms with Gasteiger partial charge in [-0.3, -0.25) is 0 Å². The summed E-state index contributed by atoms with van der Waals surface area (Å²) < 4.78 is 23.0. The van der Waals surface area contributed by atoms with E-state index >= 15 is 0 Å². The molecule has 2 aliphatic heterocycles. The van der Waals surface area contributed by atoms with Crippen molar-refractivity contribution in [3.8, 4) is 11.5 Å². The lowest BCUT2D eigenvalue weighted by Crippen LogP contribution is -2.26. The van der Waals surface area contributed by atoms with E-state index in [2.05, 4.69) is 101 Å². The fourth-order valence-corrected chi connectivity index (χ4v) is 5.45. The third-order valence-electron chi connectivity index (χ3n) is 7.08. The lowest BCUT2D eigenvalue weighted by molar-refractivity contribution is 0.243. The predicted octanol–water partition coefficient (Wildman–Crippen LogP) is 6.95. The number of allylic oxidation sites excluding steroid dienone is 4. The van der Waals surface area contributed by atoms with Gasteiger partial charge < -0.3 is 18.9 Å². The van der Waals surface area contributed by atoms with Crippen molar-refractivity contribution in [1.82, 2.24) is 0 Å². The summed E-state index contributed by atoms with van der Waals surface area (Å²) in [5.41, 5.74) is 3.99. The minimum absolute atomic E-state index is 0.00587. The molecule has 0 bridgehead atoms. The Hall–Kier alpha value is -2.56. The zero-order chi connectivity index (χ0) is 25.3. The third-order valence-corrected chi connectivity index (χ3v) is 7.08. The molecule has 0 N–H and O–H groups in total. The van der Waals surface area contributed by atoms with Crippen LogP contribution in [0, 0.1) is 5.41 Å². The number of hydrogen-bond donors (Lipinski definition) is 0. The highest BCUT2D eigenvalue weighted by molar-refractivity contribution is 5.51. The number of benzene rings is 2. The topological polar surface area (TPSA) is 43.5 Å². The standard InChI is InChI=1S/C32H40O4/c1-31(2,3)21-32(4,5)29-8-6-7-28(30(29)36-20-27-19-35-27)24-11-9-22(10-12-24)23-13-15-25(16-14-23)33-17-26-18-34-26/h6-16,22,24,26-27H,17-21H2,1-5H3. The van der Waals surface area contributed by atoms with E-state index in [9.17, 15) is 0 Å². The first-order chi connectivity index (χ1) is 17.2. The molecule has 0 aromatic heterocycles. The molecule has 192 valence electrons. The van der Waals surface area contributed by atoms with Crippen molar-refractivity contribution in [3.05, 3.63) is 83.5 Å². The maximum absolute atomic E-state index is 6.50. The zero-order valence-corrected chi connectivity index (χ0v) is 22.3. The lowest BCUT2D eigenvalue weighted by Gasteiger charge is -2.35. The Kier molecular flexibility index (Phi) is 7.02. The van der Waals surface area contributed by atoms with Crippen LogP contribution in [0.25, 0.3) is 0 Å². The first-order valence-electron chi connectivity index (χ1n) is 13.3. The van der Waals surface area contributed by atoms with Gasteiger partial charge in [0.25, 0.3) is 0 Å². The molecule has 5 rings (SSSR count). The SMILES string of the molecule is CC(C)(C)CC(C)(C)c1cccc(C2C=CC(c3ccc(OCC4CO4)cc3)C=C2)c1OCC1CO1. The smallest absolute Gasteiger partial charge is 0.127 e. The third kappa shape index (κ3) is 6.41. The summed E-state index contributed by atoms with van der Waals surface area (Å²) in [7, 11) is 0. The zero-order valence-electron chi connectivity index (χ0n) is 22.3. The van der Waals surface area contributed by atoms with Crippen molar-refractivity contribution >= 4 is 0 Å². The van der Waals surface area contributed by atoms with Gasteiger partial charge in [0.2, 0.25) is 0 Å². The molecule has 2 saturated heterocycles. The summed E-state index contributed by atoms with van der Waals surface area (Å²) in [5, 5.41) is 0. The molecule has 2 fully saturated rings. The maximum Gasteiger partial charge on any atom is 0.127 e. The molecule has 36 heavy (non-hydrogen) atoms. The van der Waals surface area contributed by atoms with Crippen LogP contribution in [0.1, 0.15) is 69.6 Å². The summed E-state index contributed by atoms with van der Waals surface area (Å²) in [6, 6.07) is 15.1. The number of para-hydroxylation sites is 1. The van der Waals surface area contributed by atoms with E-state index in [-0.39, 0.29) is 34.9 Å². The average molecular weight is 489 g/mol. The highest BCUT2D eigenvalue weighted by atomic mass is 16.6. The van der Waals surface area contributed by atoms with Crippen LogP contribution in [0.3, 0.4) is 0 Å². The molecule has 0 saturated carbocycles. The summed E-state index contributed by atoms with van der Waals surface area (Å²) in [6.07, 6.45) is 10.8. The lowest BCUT2D eigenvalue weighted by atomic mass is 9.71. The monoisotopic (exact) mass is 488 g/mol. The maximum atomic E-state index is 6.50. The molecule has 0 spiro atoms. The Labute approximate surface area is 216 Å². The van der Waals surface area contributed by atoms with Crippen LogP contribution in [0.2, 0.25) is 0 Å². The first-order valence-corrected chi connectivity index (χ1v) is 13.3. The van der Waals surface area contributed by atoms with Crippen molar-refractivity contribution in [2.45, 2.75) is 70.5 Å². The summed E-state index contributed by atoms with van der Waals surface area (Å²) in [4.78, 5) is 0. The predicted molar refractivity (Wildman–Crippen MR) is 144 cm³/mol. The second-order valence-corrected chi connectivity index (χ2v) is 12.3. The molecule has 2 atom stereocenters. The van der Waals surface area contributed by atoms with E-state index in [0.29, 0.717) is 13.2 Å². The number of rotatable bonds is 10. The number of hydrogen-bond acceptors (Lipinski definition) is 4. The molecule has 3 aliphatic rings. The Bertz CT molecular complexity index is 1080. The molecule has 0 amide bonds. The van der Waals surface area contributed by atoms with E-state index in [4.69, 9.17) is 18.9 Å². The van der Waals surface area contributed by atoms with E-state index in [1.165, 1.54) is 16.7 Å². The summed E-state index contributed by atoms with van der Waals surface area (Å²) >= 11 is 0. The van der Waals surface area contributed by atoms with Crippen LogP contribution >= 0.6 is 0 Å². The highest BCUT2D eigenvalue weighted by Gasteiger charge is 2.33. The number of ether oxygens (including phenoxy) is 4. The van der Waals surface area contributed by atoms with Crippen molar-refractivity contribution in [3.63, 3.8) is 0 Å². The van der Waals surface area contributed by atoms with Crippen LogP contribution in [-0.4, -0.2) is 38.6 Å². The van der Waals surface area contributed by atoms with Gasteiger partial charge in [-0.25, -0.2) is 0 Å². The van der Waals surface area contributed by atoms with E-state index in [1.807, 2.05) is 0 Å². The van der Waals surface area contributed by atoms with Gasteiger partial charge in [-0.15, -0.1) is 0 Å². The van der Waals surface area contributed by atoms with Crippen molar-refractivity contribution in [1.29, 1.82) is 0 Å². The second-order valence-electron chi connectivity index (χ2n) is 12.3. The molecule has 2 aromatic rings. The van der Waals surface area contributed by atoms with Crippen molar-refractivity contribution in [2.75, 3.05) is 26.4 Å². The van der Waals surface area contributed by atoms with Crippen LogP contribution < -0.4 is 9.47 Å². The van der Waals surface area contributed by atoms with Gasteiger partial charge >= 0.3 is 0 Å². The minimum atomic E-state index is -0.00587. The van der Waals surface area contributed by atoms with Gasteiger partial charge in [0.1, 0.15) is 36.9 Å². The van der Waals surface area contributed by atoms with Crippen LogP contribution in [0.5, 0.6) is 11.5 Å². The molecule has 2 heterocycles. The fraction of sp³-hybridized carbons (Fsp3) is 0.500. The molecular formula is C32H40O4. The molecule has 1 aliphatic carbocycles. The van der Waals surface area contributed by atoms with Gasteiger partial charge in [0.05, 0.1) is 13.2 Å². The van der Waals surface area contributed by atoms with Gasteiger partial charge in [-0.2, -0.15) is 0 Å². The van der Waals surface area contributed by atoms with Gasteiger partial charge in [0, 0.05) is 23.0 Å². The molecule has 4 heteroatoms. The second kappa shape index (κ2) is 10.1. The van der Waals surface area contributed by atoms with E-state index in [0.717, 1.165) is 31.1 Å².